The lowest BCUT2D eigenvalue weighted by Gasteiger charge is -2.16. The molecule has 0 spiro atoms. The summed E-state index contributed by atoms with van der Waals surface area (Å²) in [4.78, 5) is 24.9. The third-order valence-electron chi connectivity index (χ3n) is 5.00. The van der Waals surface area contributed by atoms with Gasteiger partial charge >= 0.3 is 0 Å². The second-order valence-corrected chi connectivity index (χ2v) is 6.75. The standard InChI is InChI=1S/C21H26N2O3/c1-15-17(13-20(25)22-11-12-26-2)21-18(9-6-10-19(21)24)23(15)14-16-7-4-3-5-8-16/h3-5,7-8H,6,9-14H2,1-2H3,(H,22,25). The van der Waals surface area contributed by atoms with Gasteiger partial charge in [0.2, 0.25) is 5.91 Å². The average Bonchev–Trinajstić information content (AvgIpc) is 2.90. The van der Waals surface area contributed by atoms with E-state index >= 15 is 0 Å². The second kappa shape index (κ2) is 8.32. The van der Waals surface area contributed by atoms with Gasteiger partial charge in [-0.25, -0.2) is 0 Å². The monoisotopic (exact) mass is 354 g/mol. The molecule has 0 saturated carbocycles. The van der Waals surface area contributed by atoms with Crippen LogP contribution in [-0.2, 0) is 28.9 Å². The van der Waals surface area contributed by atoms with Crippen molar-refractivity contribution in [3.05, 3.63) is 58.4 Å². The Morgan fingerprint density at radius 1 is 1.23 bits per heavy atom. The fourth-order valence-corrected chi connectivity index (χ4v) is 3.70. The van der Waals surface area contributed by atoms with Crippen molar-refractivity contribution in [2.24, 2.45) is 0 Å². The summed E-state index contributed by atoms with van der Waals surface area (Å²) < 4.78 is 7.19. The first-order valence-corrected chi connectivity index (χ1v) is 9.15. The van der Waals surface area contributed by atoms with E-state index in [1.54, 1.807) is 7.11 Å². The van der Waals surface area contributed by atoms with Crippen LogP contribution in [0.5, 0.6) is 0 Å². The third kappa shape index (κ3) is 3.88. The van der Waals surface area contributed by atoms with Gasteiger partial charge in [0.15, 0.2) is 5.78 Å². The summed E-state index contributed by atoms with van der Waals surface area (Å²) in [6, 6.07) is 10.2. The zero-order valence-electron chi connectivity index (χ0n) is 15.5. The molecule has 0 unspecified atom stereocenters. The van der Waals surface area contributed by atoms with E-state index in [9.17, 15) is 9.59 Å². The van der Waals surface area contributed by atoms with Crippen molar-refractivity contribution in [3.8, 4) is 0 Å². The quantitative estimate of drug-likeness (QED) is 0.778. The molecule has 3 rings (SSSR count). The molecule has 0 radical (unpaired) electrons. The lowest BCUT2D eigenvalue weighted by atomic mass is 9.92. The van der Waals surface area contributed by atoms with Crippen molar-refractivity contribution < 1.29 is 14.3 Å². The molecule has 138 valence electrons. The molecule has 0 aliphatic heterocycles. The number of fused-ring (bicyclic) bond motifs is 1. The van der Waals surface area contributed by atoms with E-state index in [0.29, 0.717) is 19.6 Å². The van der Waals surface area contributed by atoms with E-state index in [1.807, 2.05) is 25.1 Å². The second-order valence-electron chi connectivity index (χ2n) is 6.75. The maximum Gasteiger partial charge on any atom is 0.224 e. The predicted molar refractivity (Wildman–Crippen MR) is 101 cm³/mol. The van der Waals surface area contributed by atoms with Crippen molar-refractivity contribution >= 4 is 11.7 Å². The first kappa shape index (κ1) is 18.4. The number of methoxy groups -OCH3 is 1. The summed E-state index contributed by atoms with van der Waals surface area (Å²) in [6.45, 7) is 3.71. The van der Waals surface area contributed by atoms with E-state index in [4.69, 9.17) is 4.74 Å². The number of nitrogens with one attached hydrogen (secondary N) is 1. The molecule has 1 heterocycles. The third-order valence-corrected chi connectivity index (χ3v) is 5.00. The van der Waals surface area contributed by atoms with Crippen LogP contribution in [0.2, 0.25) is 0 Å². The Bertz CT molecular complexity index is 793. The number of aromatic nitrogens is 1. The van der Waals surface area contributed by atoms with Gasteiger partial charge in [0.1, 0.15) is 0 Å². The van der Waals surface area contributed by atoms with Crippen LogP contribution in [0.25, 0.3) is 0 Å². The van der Waals surface area contributed by atoms with E-state index in [0.717, 1.165) is 41.9 Å². The van der Waals surface area contributed by atoms with Crippen molar-refractivity contribution in [1.82, 2.24) is 9.88 Å². The number of carbonyl (C=O) groups excluding carboxylic acids is 2. The number of nitrogens with zero attached hydrogens (tertiary/aromatic N) is 1. The predicted octanol–water partition coefficient (Wildman–Crippen LogP) is 2.67. The molecule has 0 saturated heterocycles. The number of amides is 1. The fourth-order valence-electron chi connectivity index (χ4n) is 3.70. The summed E-state index contributed by atoms with van der Waals surface area (Å²) in [5.74, 6) is 0.101. The highest BCUT2D eigenvalue weighted by molar-refractivity contribution is 6.01. The summed E-state index contributed by atoms with van der Waals surface area (Å²) in [5, 5.41) is 2.86. The van der Waals surface area contributed by atoms with Gasteiger partial charge in [0, 0.05) is 43.6 Å². The highest BCUT2D eigenvalue weighted by Gasteiger charge is 2.28. The molecule has 1 aliphatic rings. The minimum Gasteiger partial charge on any atom is -0.383 e. The minimum atomic E-state index is -0.0665. The van der Waals surface area contributed by atoms with Crippen molar-refractivity contribution in [2.45, 2.75) is 39.2 Å². The van der Waals surface area contributed by atoms with Gasteiger partial charge < -0.3 is 14.6 Å². The van der Waals surface area contributed by atoms with Crippen molar-refractivity contribution in [1.29, 1.82) is 0 Å². The van der Waals surface area contributed by atoms with Crippen LogP contribution >= 0.6 is 0 Å². The Hall–Kier alpha value is -2.40. The van der Waals surface area contributed by atoms with Gasteiger partial charge in [-0.05, 0) is 30.9 Å². The van der Waals surface area contributed by atoms with Crippen molar-refractivity contribution in [3.63, 3.8) is 0 Å². The van der Waals surface area contributed by atoms with Gasteiger partial charge in [-0.3, -0.25) is 9.59 Å². The number of carbonyl (C=O) groups is 2. The Labute approximate surface area is 154 Å². The number of ketones is 1. The van der Waals surface area contributed by atoms with Gasteiger partial charge in [0.25, 0.3) is 0 Å². The minimum absolute atomic E-state index is 0.0665. The van der Waals surface area contributed by atoms with E-state index in [1.165, 1.54) is 5.56 Å². The topological polar surface area (TPSA) is 60.3 Å². The van der Waals surface area contributed by atoms with Crippen LogP contribution in [0.15, 0.2) is 30.3 Å². The number of hydrogen-bond donors (Lipinski definition) is 1. The van der Waals surface area contributed by atoms with E-state index < -0.39 is 0 Å². The molecule has 5 nitrogen and oxygen atoms in total. The molecule has 0 atom stereocenters. The Morgan fingerprint density at radius 2 is 2.00 bits per heavy atom. The molecule has 1 aromatic carbocycles. The van der Waals surface area contributed by atoms with E-state index in [-0.39, 0.29) is 18.1 Å². The molecular weight excluding hydrogens is 328 g/mol. The molecule has 5 heteroatoms. The van der Waals surface area contributed by atoms with E-state index in [2.05, 4.69) is 22.0 Å². The number of benzene rings is 1. The molecule has 1 aliphatic carbocycles. The molecular formula is C21H26N2O3. The van der Waals surface area contributed by atoms with Gasteiger partial charge in [-0.1, -0.05) is 30.3 Å². The summed E-state index contributed by atoms with van der Waals surface area (Å²) >= 11 is 0. The van der Waals surface area contributed by atoms with Crippen LogP contribution in [0, 0.1) is 6.92 Å². The van der Waals surface area contributed by atoms with Crippen LogP contribution in [0.3, 0.4) is 0 Å². The number of Topliss-reactive ketones (excluding diaryl/α,β-unsaturated/α-hetero) is 1. The van der Waals surface area contributed by atoms with Crippen LogP contribution < -0.4 is 5.32 Å². The highest BCUT2D eigenvalue weighted by Crippen LogP contribution is 2.31. The normalized spacial score (nSPS) is 13.5. The number of ether oxygens (including phenoxy) is 1. The fraction of sp³-hybridized carbons (Fsp3) is 0.429. The van der Waals surface area contributed by atoms with Gasteiger partial charge in [0.05, 0.1) is 13.0 Å². The maximum absolute atomic E-state index is 12.6. The molecule has 1 N–H and O–H groups in total. The zero-order chi connectivity index (χ0) is 18.5. The molecule has 26 heavy (non-hydrogen) atoms. The average molecular weight is 354 g/mol. The largest absolute Gasteiger partial charge is 0.383 e. The zero-order valence-corrected chi connectivity index (χ0v) is 15.5. The molecule has 0 bridgehead atoms. The first-order chi connectivity index (χ1) is 12.6. The molecule has 1 amide bonds. The van der Waals surface area contributed by atoms with Gasteiger partial charge in [-0.15, -0.1) is 0 Å². The molecule has 2 aromatic rings. The smallest absolute Gasteiger partial charge is 0.224 e. The number of rotatable bonds is 7. The summed E-state index contributed by atoms with van der Waals surface area (Å²) in [5.41, 5.74) is 4.97. The molecule has 0 fully saturated rings. The Kier molecular flexibility index (Phi) is 5.89. The van der Waals surface area contributed by atoms with Crippen molar-refractivity contribution in [2.75, 3.05) is 20.3 Å². The SMILES string of the molecule is COCCNC(=O)Cc1c2c(n(Cc3ccccc3)c1C)CCCC2=O. The van der Waals surface area contributed by atoms with Crippen LogP contribution in [-0.4, -0.2) is 36.5 Å². The van der Waals surface area contributed by atoms with Gasteiger partial charge in [-0.2, -0.15) is 0 Å². The lowest BCUT2D eigenvalue weighted by molar-refractivity contribution is -0.120. The highest BCUT2D eigenvalue weighted by atomic mass is 16.5. The molecule has 1 aromatic heterocycles. The maximum atomic E-state index is 12.6. The van der Waals surface area contributed by atoms with Crippen LogP contribution in [0.1, 0.15) is 45.7 Å². The summed E-state index contributed by atoms with van der Waals surface area (Å²) in [6.07, 6.45) is 2.58. The lowest BCUT2D eigenvalue weighted by Crippen LogP contribution is -2.29. The summed E-state index contributed by atoms with van der Waals surface area (Å²) in [7, 11) is 1.61. The van der Waals surface area contributed by atoms with Crippen LogP contribution in [0.4, 0.5) is 0 Å². The Balaban J connectivity index is 1.91. The first-order valence-electron chi connectivity index (χ1n) is 9.15. The number of hydrogen-bond acceptors (Lipinski definition) is 3. The Morgan fingerprint density at radius 3 is 2.73 bits per heavy atom.